The quantitative estimate of drug-likeness (QED) is 0.777. The average molecular weight is 398 g/mol. The Balaban J connectivity index is 1.65. The fourth-order valence-corrected chi connectivity index (χ4v) is 3.99. The summed E-state index contributed by atoms with van der Waals surface area (Å²) in [4.78, 5) is 14.8. The minimum Gasteiger partial charge on any atom is -0.494 e. The molecule has 1 aliphatic carbocycles. The maximum atomic E-state index is 13.3. The first-order valence-corrected chi connectivity index (χ1v) is 9.99. The van der Waals surface area contributed by atoms with E-state index in [9.17, 15) is 9.18 Å². The van der Waals surface area contributed by atoms with Gasteiger partial charge >= 0.3 is 0 Å². The number of hydrogen-bond acceptors (Lipinski definition) is 4. The first-order chi connectivity index (χ1) is 13.9. The number of benzene rings is 2. The first-order valence-electron chi connectivity index (χ1n) is 9.99. The number of carbonyl (C=O) groups is 1. The summed E-state index contributed by atoms with van der Waals surface area (Å²) in [5.74, 6) is 0.987. The van der Waals surface area contributed by atoms with Crippen LogP contribution >= 0.6 is 0 Å². The van der Waals surface area contributed by atoms with Gasteiger partial charge < -0.3 is 19.7 Å². The Kier molecular flexibility index (Phi) is 5.11. The maximum absolute atomic E-state index is 13.3. The number of rotatable bonds is 6. The zero-order valence-electron chi connectivity index (χ0n) is 17.2. The third-order valence-corrected chi connectivity index (χ3v) is 6.01. The van der Waals surface area contributed by atoms with Crippen molar-refractivity contribution in [1.82, 2.24) is 0 Å². The second-order valence-electron chi connectivity index (χ2n) is 8.31. The molecular formula is C23H27FN2O3. The SMILES string of the molecule is COc1cc2c(c(OC)c1NC(=O)CC1(C)CC1)CN(c1ccc(F)cc1)CC2. The number of methoxy groups -OCH3 is 2. The molecule has 5 nitrogen and oxygen atoms in total. The summed E-state index contributed by atoms with van der Waals surface area (Å²) in [6.45, 7) is 3.57. The fraction of sp³-hybridized carbons (Fsp3) is 0.435. The van der Waals surface area contributed by atoms with Crippen LogP contribution in [-0.2, 0) is 17.8 Å². The molecule has 6 heteroatoms. The molecule has 1 fully saturated rings. The van der Waals surface area contributed by atoms with Gasteiger partial charge in [0.2, 0.25) is 5.91 Å². The summed E-state index contributed by atoms with van der Waals surface area (Å²) < 4.78 is 24.6. The Labute approximate surface area is 170 Å². The minimum atomic E-state index is -0.247. The molecule has 0 saturated heterocycles. The molecule has 154 valence electrons. The smallest absolute Gasteiger partial charge is 0.225 e. The molecule has 2 aromatic rings. The molecule has 1 saturated carbocycles. The van der Waals surface area contributed by atoms with Gasteiger partial charge in [0.25, 0.3) is 0 Å². The van der Waals surface area contributed by atoms with E-state index in [-0.39, 0.29) is 17.1 Å². The Morgan fingerprint density at radius 2 is 1.93 bits per heavy atom. The van der Waals surface area contributed by atoms with E-state index in [1.165, 1.54) is 12.1 Å². The van der Waals surface area contributed by atoms with Crippen molar-refractivity contribution < 1.29 is 18.7 Å². The van der Waals surface area contributed by atoms with Crippen LogP contribution in [0.2, 0.25) is 0 Å². The molecule has 0 unspecified atom stereocenters. The lowest BCUT2D eigenvalue weighted by Crippen LogP contribution is -2.31. The van der Waals surface area contributed by atoms with Gasteiger partial charge in [-0.05, 0) is 60.6 Å². The van der Waals surface area contributed by atoms with Crippen molar-refractivity contribution in [3.63, 3.8) is 0 Å². The van der Waals surface area contributed by atoms with Gasteiger partial charge in [-0.3, -0.25) is 4.79 Å². The lowest BCUT2D eigenvalue weighted by atomic mass is 9.96. The van der Waals surface area contributed by atoms with E-state index in [0.29, 0.717) is 30.2 Å². The maximum Gasteiger partial charge on any atom is 0.225 e. The molecule has 1 heterocycles. The Morgan fingerprint density at radius 3 is 2.55 bits per heavy atom. The average Bonchev–Trinajstić information content (AvgIpc) is 3.43. The van der Waals surface area contributed by atoms with Crippen LogP contribution in [0.3, 0.4) is 0 Å². The van der Waals surface area contributed by atoms with Gasteiger partial charge in [-0.25, -0.2) is 4.39 Å². The number of amides is 1. The first kappa shape index (κ1) is 19.6. The summed E-state index contributed by atoms with van der Waals surface area (Å²) in [5.41, 5.74) is 3.84. The van der Waals surface area contributed by atoms with Crippen molar-refractivity contribution in [3.8, 4) is 11.5 Å². The Morgan fingerprint density at radius 1 is 1.21 bits per heavy atom. The highest BCUT2D eigenvalue weighted by Crippen LogP contribution is 2.49. The molecule has 1 amide bonds. The number of hydrogen-bond donors (Lipinski definition) is 1. The van der Waals surface area contributed by atoms with Crippen LogP contribution < -0.4 is 19.7 Å². The van der Waals surface area contributed by atoms with Gasteiger partial charge in [-0.15, -0.1) is 0 Å². The van der Waals surface area contributed by atoms with Crippen LogP contribution in [0, 0.1) is 11.2 Å². The van der Waals surface area contributed by atoms with Crippen LogP contribution in [0.1, 0.15) is 37.3 Å². The predicted molar refractivity (Wildman–Crippen MR) is 111 cm³/mol. The molecule has 1 N–H and O–H groups in total. The predicted octanol–water partition coefficient (Wildman–Crippen LogP) is 4.53. The monoisotopic (exact) mass is 398 g/mol. The molecule has 0 radical (unpaired) electrons. The number of nitrogens with one attached hydrogen (secondary N) is 1. The van der Waals surface area contributed by atoms with Crippen molar-refractivity contribution in [2.24, 2.45) is 5.41 Å². The second kappa shape index (κ2) is 7.58. The van der Waals surface area contributed by atoms with Crippen molar-refractivity contribution in [1.29, 1.82) is 0 Å². The van der Waals surface area contributed by atoms with Gasteiger partial charge in [0, 0.05) is 30.8 Å². The molecule has 0 atom stereocenters. The van der Waals surface area contributed by atoms with E-state index < -0.39 is 0 Å². The molecular weight excluding hydrogens is 371 g/mol. The fourth-order valence-electron chi connectivity index (χ4n) is 3.99. The van der Waals surface area contributed by atoms with Crippen LogP contribution in [0.15, 0.2) is 30.3 Å². The molecule has 4 rings (SSSR count). The van der Waals surface area contributed by atoms with Gasteiger partial charge in [-0.1, -0.05) is 6.92 Å². The normalized spacial score (nSPS) is 16.8. The number of nitrogens with zero attached hydrogens (tertiary/aromatic N) is 1. The highest BCUT2D eigenvalue weighted by atomic mass is 19.1. The van der Waals surface area contributed by atoms with E-state index in [0.717, 1.165) is 42.6 Å². The van der Waals surface area contributed by atoms with Crippen LogP contribution in [0.4, 0.5) is 15.8 Å². The highest BCUT2D eigenvalue weighted by molar-refractivity contribution is 5.95. The molecule has 0 bridgehead atoms. The summed E-state index contributed by atoms with van der Waals surface area (Å²) in [7, 11) is 3.22. The number of fused-ring (bicyclic) bond motifs is 1. The zero-order chi connectivity index (χ0) is 20.6. The van der Waals surface area contributed by atoms with Crippen LogP contribution in [-0.4, -0.2) is 26.7 Å². The number of anilines is 2. The topological polar surface area (TPSA) is 50.8 Å². The highest BCUT2D eigenvalue weighted by Gasteiger charge is 2.39. The number of ether oxygens (including phenoxy) is 2. The zero-order valence-corrected chi connectivity index (χ0v) is 17.2. The molecule has 0 spiro atoms. The third-order valence-electron chi connectivity index (χ3n) is 6.01. The molecule has 29 heavy (non-hydrogen) atoms. The lowest BCUT2D eigenvalue weighted by Gasteiger charge is -2.33. The second-order valence-corrected chi connectivity index (χ2v) is 8.31. The van der Waals surface area contributed by atoms with Crippen LogP contribution in [0.5, 0.6) is 11.5 Å². The van der Waals surface area contributed by atoms with Gasteiger partial charge in [0.15, 0.2) is 5.75 Å². The van der Waals surface area contributed by atoms with Gasteiger partial charge in [0.1, 0.15) is 17.3 Å². The van der Waals surface area contributed by atoms with Crippen molar-refractivity contribution in [2.75, 3.05) is 31.0 Å². The van der Waals surface area contributed by atoms with Gasteiger partial charge in [-0.2, -0.15) is 0 Å². The largest absolute Gasteiger partial charge is 0.494 e. The van der Waals surface area contributed by atoms with E-state index in [4.69, 9.17) is 9.47 Å². The van der Waals surface area contributed by atoms with Gasteiger partial charge in [0.05, 0.1) is 14.2 Å². The molecule has 2 aromatic carbocycles. The number of carbonyl (C=O) groups excluding carboxylic acids is 1. The standard InChI is InChI=1S/C23H27FN2O3/c1-23(9-10-23)13-20(27)25-21-19(28-2)12-15-8-11-26(14-18(15)22(21)29-3)17-6-4-16(24)5-7-17/h4-7,12H,8-11,13-14H2,1-3H3,(H,25,27). The molecule has 1 aliphatic heterocycles. The summed E-state index contributed by atoms with van der Waals surface area (Å²) in [5, 5.41) is 3.03. The van der Waals surface area contributed by atoms with E-state index >= 15 is 0 Å². The van der Waals surface area contributed by atoms with E-state index in [1.54, 1.807) is 26.4 Å². The summed E-state index contributed by atoms with van der Waals surface area (Å²) >= 11 is 0. The number of halogens is 1. The van der Waals surface area contributed by atoms with Crippen molar-refractivity contribution >= 4 is 17.3 Å². The Bertz CT molecular complexity index is 923. The molecule has 2 aliphatic rings. The van der Waals surface area contributed by atoms with Crippen molar-refractivity contribution in [3.05, 3.63) is 47.3 Å². The van der Waals surface area contributed by atoms with E-state index in [1.807, 2.05) is 6.07 Å². The lowest BCUT2D eigenvalue weighted by molar-refractivity contribution is -0.117. The molecule has 0 aromatic heterocycles. The summed E-state index contributed by atoms with van der Waals surface area (Å²) in [6.07, 6.45) is 3.49. The third kappa shape index (κ3) is 4.02. The van der Waals surface area contributed by atoms with Crippen LogP contribution in [0.25, 0.3) is 0 Å². The Hall–Kier alpha value is -2.76. The van der Waals surface area contributed by atoms with Crippen molar-refractivity contribution in [2.45, 2.75) is 39.2 Å². The minimum absolute atomic E-state index is 0.0206. The summed E-state index contributed by atoms with van der Waals surface area (Å²) in [6, 6.07) is 8.51. The van der Waals surface area contributed by atoms with E-state index in [2.05, 4.69) is 17.1 Å².